The molecule has 1 aliphatic rings. The second kappa shape index (κ2) is 5.57. The Kier molecular flexibility index (Phi) is 4.04. The molecular weight excluding hydrogens is 240 g/mol. The summed E-state index contributed by atoms with van der Waals surface area (Å²) in [6.07, 6.45) is 4.43. The predicted octanol–water partition coefficient (Wildman–Crippen LogP) is 1.85. The van der Waals surface area contributed by atoms with E-state index < -0.39 is 0 Å². The highest BCUT2D eigenvalue weighted by molar-refractivity contribution is 5.95. The topological polar surface area (TPSA) is 80.0 Å². The first-order valence-corrected chi connectivity index (χ1v) is 6.82. The van der Waals surface area contributed by atoms with Gasteiger partial charge >= 0.3 is 0 Å². The molecule has 0 atom stereocenters. The lowest BCUT2D eigenvalue weighted by Gasteiger charge is -2.38. The van der Waals surface area contributed by atoms with Crippen LogP contribution in [0.1, 0.15) is 49.2 Å². The summed E-state index contributed by atoms with van der Waals surface area (Å²) in [7, 11) is 0. The number of aryl methyl sites for hydroxylation is 1. The lowest BCUT2D eigenvalue weighted by atomic mass is 9.70. The SMILES string of the molecule is CCc1cc(C(=O)NCC2(C)CCC2)cc(NN)n1. The highest BCUT2D eigenvalue weighted by Gasteiger charge is 2.31. The van der Waals surface area contributed by atoms with Crippen LogP contribution in [0.15, 0.2) is 12.1 Å². The van der Waals surface area contributed by atoms with Crippen molar-refractivity contribution in [1.29, 1.82) is 0 Å². The minimum Gasteiger partial charge on any atom is -0.351 e. The summed E-state index contributed by atoms with van der Waals surface area (Å²) in [6.45, 7) is 4.95. The maximum Gasteiger partial charge on any atom is 0.251 e. The van der Waals surface area contributed by atoms with Crippen molar-refractivity contribution in [2.24, 2.45) is 11.3 Å². The normalized spacial score (nSPS) is 16.6. The monoisotopic (exact) mass is 262 g/mol. The Hall–Kier alpha value is -1.62. The zero-order valence-electron chi connectivity index (χ0n) is 11.6. The number of hydrazine groups is 1. The van der Waals surface area contributed by atoms with E-state index in [1.165, 1.54) is 19.3 Å². The number of rotatable bonds is 5. The number of nitrogens with two attached hydrogens (primary N) is 1. The molecule has 0 spiro atoms. The van der Waals surface area contributed by atoms with Crippen molar-refractivity contribution in [2.75, 3.05) is 12.0 Å². The molecule has 1 aromatic rings. The summed E-state index contributed by atoms with van der Waals surface area (Å²) in [5.74, 6) is 5.85. The molecule has 2 rings (SSSR count). The van der Waals surface area contributed by atoms with Crippen molar-refractivity contribution >= 4 is 11.7 Å². The molecule has 0 radical (unpaired) electrons. The van der Waals surface area contributed by atoms with E-state index in [1.807, 2.05) is 13.0 Å². The number of amides is 1. The smallest absolute Gasteiger partial charge is 0.251 e. The summed E-state index contributed by atoms with van der Waals surface area (Å²) < 4.78 is 0. The van der Waals surface area contributed by atoms with E-state index in [2.05, 4.69) is 22.7 Å². The number of carbonyl (C=O) groups excluding carboxylic acids is 1. The number of hydrogen-bond donors (Lipinski definition) is 3. The molecule has 5 nitrogen and oxygen atoms in total. The van der Waals surface area contributed by atoms with Crippen molar-refractivity contribution in [2.45, 2.75) is 39.5 Å². The van der Waals surface area contributed by atoms with Gasteiger partial charge in [-0.1, -0.05) is 20.3 Å². The molecule has 1 aliphatic carbocycles. The van der Waals surface area contributed by atoms with E-state index in [9.17, 15) is 4.79 Å². The predicted molar refractivity (Wildman–Crippen MR) is 75.7 cm³/mol. The number of hydrogen-bond acceptors (Lipinski definition) is 4. The molecule has 1 fully saturated rings. The number of nitrogen functional groups attached to an aromatic ring is 1. The third-order valence-electron chi connectivity index (χ3n) is 3.89. The molecule has 0 saturated heterocycles. The molecule has 1 heterocycles. The van der Waals surface area contributed by atoms with Gasteiger partial charge in [0.25, 0.3) is 5.91 Å². The third-order valence-corrected chi connectivity index (χ3v) is 3.89. The maximum atomic E-state index is 12.2. The van der Waals surface area contributed by atoms with E-state index >= 15 is 0 Å². The van der Waals surface area contributed by atoms with Crippen LogP contribution in [0.3, 0.4) is 0 Å². The van der Waals surface area contributed by atoms with Crippen LogP contribution < -0.4 is 16.6 Å². The van der Waals surface area contributed by atoms with Crippen LogP contribution in [0, 0.1) is 5.41 Å². The Balaban J connectivity index is 2.05. The standard InChI is InChI=1S/C14H22N4O/c1-3-11-7-10(8-12(17-11)18-15)13(19)16-9-14(2)5-4-6-14/h7-8H,3-6,9,15H2,1-2H3,(H,16,19)(H,17,18). The van der Waals surface area contributed by atoms with Crippen molar-refractivity contribution in [1.82, 2.24) is 10.3 Å². The average molecular weight is 262 g/mol. The Bertz CT molecular complexity index is 446. The number of nitrogens with one attached hydrogen (secondary N) is 2. The fourth-order valence-corrected chi connectivity index (χ4v) is 2.33. The zero-order valence-corrected chi connectivity index (χ0v) is 11.6. The molecule has 1 amide bonds. The van der Waals surface area contributed by atoms with Crippen LogP contribution in [0.2, 0.25) is 0 Å². The van der Waals surface area contributed by atoms with E-state index in [4.69, 9.17) is 5.84 Å². The molecule has 5 heteroatoms. The highest BCUT2D eigenvalue weighted by atomic mass is 16.1. The van der Waals surface area contributed by atoms with Gasteiger partial charge in [0, 0.05) is 17.8 Å². The fourth-order valence-electron chi connectivity index (χ4n) is 2.33. The van der Waals surface area contributed by atoms with Gasteiger partial charge in [-0.2, -0.15) is 0 Å². The molecule has 0 bridgehead atoms. The fraction of sp³-hybridized carbons (Fsp3) is 0.571. The van der Waals surface area contributed by atoms with Crippen LogP contribution in [-0.2, 0) is 6.42 Å². The molecule has 19 heavy (non-hydrogen) atoms. The van der Waals surface area contributed by atoms with Gasteiger partial charge in [0.15, 0.2) is 0 Å². The van der Waals surface area contributed by atoms with Crippen LogP contribution in [0.4, 0.5) is 5.82 Å². The van der Waals surface area contributed by atoms with Gasteiger partial charge in [0.05, 0.1) is 0 Å². The summed E-state index contributed by atoms with van der Waals surface area (Å²) in [6, 6.07) is 3.50. The Morgan fingerprint density at radius 3 is 2.74 bits per heavy atom. The molecule has 0 aromatic carbocycles. The second-order valence-electron chi connectivity index (χ2n) is 5.58. The van der Waals surface area contributed by atoms with E-state index in [0.29, 0.717) is 11.4 Å². The lowest BCUT2D eigenvalue weighted by Crippen LogP contribution is -2.40. The van der Waals surface area contributed by atoms with Crippen LogP contribution in [0.25, 0.3) is 0 Å². The van der Waals surface area contributed by atoms with Gasteiger partial charge < -0.3 is 10.7 Å². The molecule has 1 aromatic heterocycles. The summed E-state index contributed by atoms with van der Waals surface area (Å²) in [4.78, 5) is 16.4. The molecule has 0 unspecified atom stereocenters. The largest absolute Gasteiger partial charge is 0.351 e. The van der Waals surface area contributed by atoms with Crippen molar-refractivity contribution < 1.29 is 4.79 Å². The van der Waals surface area contributed by atoms with Gasteiger partial charge in [-0.25, -0.2) is 10.8 Å². The van der Waals surface area contributed by atoms with Crippen LogP contribution >= 0.6 is 0 Å². The van der Waals surface area contributed by atoms with Gasteiger partial charge in [0.1, 0.15) is 5.82 Å². The number of nitrogens with zero attached hydrogens (tertiary/aromatic N) is 1. The summed E-state index contributed by atoms with van der Waals surface area (Å²) in [5, 5.41) is 3.01. The molecular formula is C14H22N4O. The minimum absolute atomic E-state index is 0.0540. The highest BCUT2D eigenvalue weighted by Crippen LogP contribution is 2.39. The summed E-state index contributed by atoms with van der Waals surface area (Å²) >= 11 is 0. The Labute approximate surface area is 114 Å². The second-order valence-corrected chi connectivity index (χ2v) is 5.58. The van der Waals surface area contributed by atoms with E-state index in [1.54, 1.807) is 6.07 Å². The number of carbonyl (C=O) groups is 1. The molecule has 104 valence electrons. The van der Waals surface area contributed by atoms with Crippen molar-refractivity contribution in [3.63, 3.8) is 0 Å². The lowest BCUT2D eigenvalue weighted by molar-refractivity contribution is 0.0890. The van der Waals surface area contributed by atoms with Crippen LogP contribution in [0.5, 0.6) is 0 Å². The van der Waals surface area contributed by atoms with Gasteiger partial charge in [-0.05, 0) is 36.8 Å². The van der Waals surface area contributed by atoms with E-state index in [-0.39, 0.29) is 11.3 Å². The van der Waals surface area contributed by atoms with Gasteiger partial charge in [-0.3, -0.25) is 4.79 Å². The molecule has 1 saturated carbocycles. The number of aromatic nitrogens is 1. The first-order chi connectivity index (χ1) is 9.06. The molecule has 0 aliphatic heterocycles. The van der Waals surface area contributed by atoms with E-state index in [0.717, 1.165) is 18.7 Å². The van der Waals surface area contributed by atoms with Crippen LogP contribution in [-0.4, -0.2) is 17.4 Å². The average Bonchev–Trinajstić information content (AvgIpc) is 2.41. The Morgan fingerprint density at radius 1 is 1.47 bits per heavy atom. The third kappa shape index (κ3) is 3.23. The zero-order chi connectivity index (χ0) is 13.9. The van der Waals surface area contributed by atoms with Crippen molar-refractivity contribution in [3.8, 4) is 0 Å². The van der Waals surface area contributed by atoms with Gasteiger partial charge in [0.2, 0.25) is 0 Å². The first-order valence-electron chi connectivity index (χ1n) is 6.82. The first kappa shape index (κ1) is 13.8. The maximum absolute atomic E-state index is 12.2. The number of anilines is 1. The quantitative estimate of drug-likeness (QED) is 0.559. The number of pyridine rings is 1. The van der Waals surface area contributed by atoms with Crippen molar-refractivity contribution in [3.05, 3.63) is 23.4 Å². The van der Waals surface area contributed by atoms with Gasteiger partial charge in [-0.15, -0.1) is 0 Å². The summed E-state index contributed by atoms with van der Waals surface area (Å²) in [5.41, 5.74) is 4.25. The molecule has 4 N–H and O–H groups in total. The Morgan fingerprint density at radius 2 is 2.21 bits per heavy atom. The minimum atomic E-state index is -0.0540.